The number of methoxy groups -OCH3 is 2. The molecule has 174 valence electrons. The molecule has 1 aliphatic rings. The van der Waals surface area contributed by atoms with E-state index in [4.69, 9.17) is 14.7 Å². The van der Waals surface area contributed by atoms with Gasteiger partial charge in [-0.15, -0.1) is 0 Å². The molecule has 1 N–H and O–H groups in total. The Labute approximate surface area is 200 Å². The van der Waals surface area contributed by atoms with Crippen molar-refractivity contribution in [2.45, 2.75) is 24.9 Å². The molecule has 0 aromatic heterocycles. The first-order valence-corrected chi connectivity index (χ1v) is 11.4. The van der Waals surface area contributed by atoms with Crippen LogP contribution in [-0.4, -0.2) is 44.3 Å². The number of likely N-dealkylation sites (tertiary alicyclic amines) is 1. The smallest absolute Gasteiger partial charge is 0.409 e. The number of rotatable bonds is 6. The van der Waals surface area contributed by atoms with Crippen LogP contribution in [0.15, 0.2) is 72.8 Å². The van der Waals surface area contributed by atoms with E-state index in [1.165, 1.54) is 12.7 Å². The lowest BCUT2D eigenvalue weighted by molar-refractivity contribution is 0.103. The highest BCUT2D eigenvalue weighted by Gasteiger charge is 2.32. The molecular weight excluding hydrogens is 426 g/mol. The van der Waals surface area contributed by atoms with Crippen LogP contribution in [0.5, 0.6) is 5.75 Å². The lowest BCUT2D eigenvalue weighted by atomic mass is 9.86. The second-order valence-corrected chi connectivity index (χ2v) is 8.43. The summed E-state index contributed by atoms with van der Waals surface area (Å²) in [4.78, 5) is 14.0. The van der Waals surface area contributed by atoms with Crippen molar-refractivity contribution in [1.82, 2.24) is 10.2 Å². The van der Waals surface area contributed by atoms with Gasteiger partial charge in [-0.3, -0.25) is 0 Å². The van der Waals surface area contributed by atoms with Gasteiger partial charge in [0.1, 0.15) is 5.75 Å². The SMILES string of the molecule is COC(=O)N1CC[C@H](NCc2cc(-c3ccc(C#N)cc3)ccc2OC)[C@H](c2ccccc2)C1. The van der Waals surface area contributed by atoms with Gasteiger partial charge in [0.25, 0.3) is 0 Å². The Balaban J connectivity index is 1.54. The van der Waals surface area contributed by atoms with Crippen LogP contribution in [0.3, 0.4) is 0 Å². The van der Waals surface area contributed by atoms with Gasteiger partial charge in [-0.2, -0.15) is 5.26 Å². The summed E-state index contributed by atoms with van der Waals surface area (Å²) in [6, 6.07) is 26.4. The maximum absolute atomic E-state index is 12.2. The molecule has 2 atom stereocenters. The molecule has 34 heavy (non-hydrogen) atoms. The summed E-state index contributed by atoms with van der Waals surface area (Å²) in [6.45, 7) is 1.90. The standard InChI is InChI=1S/C28H29N3O3/c1-33-27-13-12-23(21-10-8-20(17-29)9-11-21)16-24(27)18-30-26-14-15-31(28(32)34-2)19-25(26)22-6-4-3-5-7-22/h3-13,16,25-26,30H,14-15,18-19H2,1-2H3/t25-,26-/m0/s1. The number of carbonyl (C=O) groups is 1. The predicted octanol–water partition coefficient (Wildman–Crippen LogP) is 4.95. The number of piperidine rings is 1. The number of nitrogens with zero attached hydrogens (tertiary/aromatic N) is 2. The van der Waals surface area contributed by atoms with E-state index in [2.05, 4.69) is 29.6 Å². The lowest BCUT2D eigenvalue weighted by Gasteiger charge is -2.38. The van der Waals surface area contributed by atoms with Gasteiger partial charge in [0.15, 0.2) is 0 Å². The fourth-order valence-corrected chi connectivity index (χ4v) is 4.60. The fraction of sp³-hybridized carbons (Fsp3) is 0.286. The quantitative estimate of drug-likeness (QED) is 0.569. The van der Waals surface area contributed by atoms with Gasteiger partial charge in [0.05, 0.1) is 25.9 Å². The third kappa shape index (κ3) is 5.22. The Morgan fingerprint density at radius 1 is 1.06 bits per heavy atom. The van der Waals surface area contributed by atoms with Gasteiger partial charge in [-0.1, -0.05) is 48.5 Å². The van der Waals surface area contributed by atoms with Gasteiger partial charge in [0.2, 0.25) is 0 Å². The summed E-state index contributed by atoms with van der Waals surface area (Å²) in [5.41, 5.74) is 5.03. The fourth-order valence-electron chi connectivity index (χ4n) is 4.60. The maximum atomic E-state index is 12.2. The first kappa shape index (κ1) is 23.3. The summed E-state index contributed by atoms with van der Waals surface area (Å²) in [5.74, 6) is 0.981. The van der Waals surface area contributed by atoms with Crippen LogP contribution in [0.25, 0.3) is 11.1 Å². The topological polar surface area (TPSA) is 74.6 Å². The van der Waals surface area contributed by atoms with Crippen LogP contribution in [0.4, 0.5) is 4.79 Å². The van der Waals surface area contributed by atoms with E-state index in [9.17, 15) is 4.79 Å². The second kappa shape index (κ2) is 10.9. The van der Waals surface area contributed by atoms with Crippen molar-refractivity contribution in [3.05, 3.63) is 89.5 Å². The number of ether oxygens (including phenoxy) is 2. The molecule has 0 saturated carbocycles. The molecule has 0 bridgehead atoms. The van der Waals surface area contributed by atoms with E-state index in [1.54, 1.807) is 12.0 Å². The largest absolute Gasteiger partial charge is 0.496 e. The Morgan fingerprint density at radius 2 is 1.79 bits per heavy atom. The summed E-state index contributed by atoms with van der Waals surface area (Å²) in [5, 5.41) is 12.8. The van der Waals surface area contributed by atoms with Crippen molar-refractivity contribution in [1.29, 1.82) is 5.26 Å². The van der Waals surface area contributed by atoms with Crippen LogP contribution in [0, 0.1) is 11.3 Å². The predicted molar refractivity (Wildman–Crippen MR) is 132 cm³/mol. The molecule has 1 heterocycles. The zero-order valence-corrected chi connectivity index (χ0v) is 19.5. The molecule has 3 aromatic rings. The van der Waals surface area contributed by atoms with E-state index in [1.807, 2.05) is 54.6 Å². The monoisotopic (exact) mass is 455 g/mol. The number of benzene rings is 3. The highest BCUT2D eigenvalue weighted by molar-refractivity contribution is 5.68. The van der Waals surface area contributed by atoms with Crippen molar-refractivity contribution >= 4 is 6.09 Å². The number of hydrogen-bond donors (Lipinski definition) is 1. The molecule has 0 spiro atoms. The third-order valence-electron chi connectivity index (χ3n) is 6.46. The molecule has 6 nitrogen and oxygen atoms in total. The molecule has 6 heteroatoms. The van der Waals surface area contributed by atoms with Crippen LogP contribution in [0.2, 0.25) is 0 Å². The summed E-state index contributed by atoms with van der Waals surface area (Å²) >= 11 is 0. The maximum Gasteiger partial charge on any atom is 0.409 e. The molecule has 1 saturated heterocycles. The minimum Gasteiger partial charge on any atom is -0.496 e. The average molecular weight is 456 g/mol. The molecule has 1 aliphatic heterocycles. The summed E-state index contributed by atoms with van der Waals surface area (Å²) < 4.78 is 10.6. The zero-order chi connectivity index (χ0) is 23.9. The third-order valence-corrected chi connectivity index (χ3v) is 6.46. The number of nitriles is 1. The van der Waals surface area contributed by atoms with Gasteiger partial charge < -0.3 is 19.7 Å². The lowest BCUT2D eigenvalue weighted by Crippen LogP contribution is -2.49. The van der Waals surface area contributed by atoms with Crippen molar-refractivity contribution in [2.75, 3.05) is 27.3 Å². The van der Waals surface area contributed by atoms with Gasteiger partial charge >= 0.3 is 6.09 Å². The number of nitrogens with one attached hydrogen (secondary N) is 1. The number of amides is 1. The van der Waals surface area contributed by atoms with Crippen molar-refractivity contribution in [3.8, 4) is 22.9 Å². The van der Waals surface area contributed by atoms with E-state index < -0.39 is 0 Å². The molecule has 1 amide bonds. The van der Waals surface area contributed by atoms with Gasteiger partial charge in [-0.05, 0) is 47.4 Å². The zero-order valence-electron chi connectivity index (χ0n) is 19.5. The second-order valence-electron chi connectivity index (χ2n) is 8.43. The molecule has 0 aliphatic carbocycles. The normalized spacial score (nSPS) is 17.6. The minimum absolute atomic E-state index is 0.154. The molecule has 3 aromatic carbocycles. The molecule has 0 unspecified atom stereocenters. The number of carbonyl (C=O) groups excluding carboxylic acids is 1. The minimum atomic E-state index is -0.281. The van der Waals surface area contributed by atoms with E-state index >= 15 is 0 Å². The van der Waals surface area contributed by atoms with Gasteiger partial charge in [0, 0.05) is 37.2 Å². The summed E-state index contributed by atoms with van der Waals surface area (Å²) in [7, 11) is 3.11. The highest BCUT2D eigenvalue weighted by atomic mass is 16.5. The first-order valence-electron chi connectivity index (χ1n) is 11.4. The van der Waals surface area contributed by atoms with Crippen LogP contribution in [0.1, 0.15) is 29.0 Å². The number of hydrogen-bond acceptors (Lipinski definition) is 5. The van der Waals surface area contributed by atoms with E-state index in [-0.39, 0.29) is 18.1 Å². The Morgan fingerprint density at radius 3 is 2.47 bits per heavy atom. The molecule has 0 radical (unpaired) electrons. The van der Waals surface area contributed by atoms with Crippen molar-refractivity contribution in [3.63, 3.8) is 0 Å². The van der Waals surface area contributed by atoms with Crippen molar-refractivity contribution in [2.24, 2.45) is 0 Å². The highest BCUT2D eigenvalue weighted by Crippen LogP contribution is 2.30. The molecular formula is C28H29N3O3. The Kier molecular flexibility index (Phi) is 7.46. The van der Waals surface area contributed by atoms with Crippen LogP contribution >= 0.6 is 0 Å². The summed E-state index contributed by atoms with van der Waals surface area (Å²) in [6.07, 6.45) is 0.544. The van der Waals surface area contributed by atoms with Crippen LogP contribution < -0.4 is 10.1 Å². The molecule has 4 rings (SSSR count). The van der Waals surface area contributed by atoms with Crippen LogP contribution in [-0.2, 0) is 11.3 Å². The van der Waals surface area contributed by atoms with E-state index in [0.29, 0.717) is 25.2 Å². The van der Waals surface area contributed by atoms with Gasteiger partial charge in [-0.25, -0.2) is 4.79 Å². The van der Waals surface area contributed by atoms with Crippen molar-refractivity contribution < 1.29 is 14.3 Å². The van der Waals surface area contributed by atoms with E-state index in [0.717, 1.165) is 28.9 Å². The Bertz CT molecular complexity index is 1160. The average Bonchev–Trinajstić information content (AvgIpc) is 2.91. The first-order chi connectivity index (χ1) is 16.6. The Hall–Kier alpha value is -3.82. The molecule has 1 fully saturated rings.